The van der Waals surface area contributed by atoms with Crippen LogP contribution in [0.15, 0.2) is 34.4 Å². The molecule has 1 atom stereocenters. The number of allylic oxidation sites excluding steroid dienone is 6. The topological polar surface area (TPSA) is 26.3 Å². The van der Waals surface area contributed by atoms with Crippen LogP contribution in [0, 0.1) is 17.8 Å². The molecule has 24 heavy (non-hydrogen) atoms. The van der Waals surface area contributed by atoms with Crippen molar-refractivity contribution in [2.24, 2.45) is 17.8 Å². The summed E-state index contributed by atoms with van der Waals surface area (Å²) in [6, 6.07) is 0. The highest BCUT2D eigenvalue weighted by Gasteiger charge is 2.35. The summed E-state index contributed by atoms with van der Waals surface area (Å²) < 4.78 is 5.54. The smallest absolute Gasteiger partial charge is 0.159 e. The van der Waals surface area contributed by atoms with Gasteiger partial charge in [0.2, 0.25) is 0 Å². The van der Waals surface area contributed by atoms with Crippen molar-refractivity contribution in [3.8, 4) is 0 Å². The summed E-state index contributed by atoms with van der Waals surface area (Å²) in [7, 11) is 0. The van der Waals surface area contributed by atoms with E-state index in [0.717, 1.165) is 44.5 Å². The lowest BCUT2D eigenvalue weighted by Gasteiger charge is -2.28. The number of carbonyl (C=O) groups excluding carboxylic acids is 1. The average Bonchev–Trinajstić information content (AvgIpc) is 3.18. The summed E-state index contributed by atoms with van der Waals surface area (Å²) in [5.41, 5.74) is 5.40. The molecule has 4 rings (SSSR count). The molecule has 0 N–H and O–H groups in total. The van der Waals surface area contributed by atoms with Crippen LogP contribution in [0.2, 0.25) is 0 Å². The predicted octanol–water partition coefficient (Wildman–Crippen LogP) is 5.16. The Labute approximate surface area is 146 Å². The van der Waals surface area contributed by atoms with Crippen molar-refractivity contribution in [3.63, 3.8) is 0 Å². The lowest BCUT2D eigenvalue weighted by molar-refractivity contribution is -0.116. The van der Waals surface area contributed by atoms with E-state index in [2.05, 4.69) is 19.1 Å². The van der Waals surface area contributed by atoms with E-state index in [1.54, 1.807) is 0 Å². The maximum atomic E-state index is 12.8. The van der Waals surface area contributed by atoms with Crippen molar-refractivity contribution in [1.29, 1.82) is 0 Å². The number of ether oxygens (including phenoxy) is 1. The molecule has 1 saturated heterocycles. The summed E-state index contributed by atoms with van der Waals surface area (Å²) >= 11 is 0. The maximum absolute atomic E-state index is 12.8. The Morgan fingerprint density at radius 2 is 1.88 bits per heavy atom. The third-order valence-electron chi connectivity index (χ3n) is 6.63. The number of rotatable bonds is 4. The van der Waals surface area contributed by atoms with Crippen molar-refractivity contribution in [1.82, 2.24) is 0 Å². The first-order valence-corrected chi connectivity index (χ1v) is 9.95. The zero-order valence-corrected chi connectivity index (χ0v) is 15.0. The van der Waals surface area contributed by atoms with Crippen LogP contribution < -0.4 is 0 Å². The van der Waals surface area contributed by atoms with E-state index < -0.39 is 0 Å². The van der Waals surface area contributed by atoms with E-state index in [1.807, 2.05) is 0 Å². The van der Waals surface area contributed by atoms with Crippen molar-refractivity contribution in [3.05, 3.63) is 34.4 Å². The van der Waals surface area contributed by atoms with Gasteiger partial charge in [0.05, 0.1) is 0 Å². The van der Waals surface area contributed by atoms with Gasteiger partial charge in [-0.1, -0.05) is 43.8 Å². The quantitative estimate of drug-likeness (QED) is 0.713. The lowest BCUT2D eigenvalue weighted by atomic mass is 9.80. The van der Waals surface area contributed by atoms with E-state index >= 15 is 0 Å². The molecular formula is C22H30O2. The van der Waals surface area contributed by atoms with Crippen LogP contribution in [-0.4, -0.2) is 19.0 Å². The Morgan fingerprint density at radius 3 is 2.62 bits per heavy atom. The summed E-state index contributed by atoms with van der Waals surface area (Å²) in [5, 5.41) is 0. The van der Waals surface area contributed by atoms with Crippen molar-refractivity contribution in [2.75, 3.05) is 13.2 Å². The van der Waals surface area contributed by atoms with Gasteiger partial charge in [-0.25, -0.2) is 0 Å². The third kappa shape index (κ3) is 3.18. The van der Waals surface area contributed by atoms with Gasteiger partial charge in [-0.3, -0.25) is 4.79 Å². The van der Waals surface area contributed by atoms with Crippen LogP contribution in [0.25, 0.3) is 0 Å². The molecule has 0 aromatic heterocycles. The summed E-state index contributed by atoms with van der Waals surface area (Å²) in [6.45, 7) is 4.02. The molecule has 1 unspecified atom stereocenters. The van der Waals surface area contributed by atoms with Gasteiger partial charge in [0, 0.05) is 25.6 Å². The summed E-state index contributed by atoms with van der Waals surface area (Å²) in [6.07, 6.45) is 15.2. The minimum atomic E-state index is 0.426. The molecule has 4 aliphatic rings. The van der Waals surface area contributed by atoms with Crippen molar-refractivity contribution >= 4 is 5.78 Å². The van der Waals surface area contributed by atoms with Gasteiger partial charge in [0.1, 0.15) is 0 Å². The van der Waals surface area contributed by atoms with E-state index in [4.69, 9.17) is 4.74 Å². The monoisotopic (exact) mass is 326 g/mol. The molecule has 2 heteroatoms. The second-order valence-electron chi connectivity index (χ2n) is 8.24. The number of carbonyl (C=O) groups is 1. The standard InChI is InChI=1S/C22H30O2/c1-15-11-20(17-7-9-24-10-8-17)21-14-18(13-19(15)21)22(23)12-16-5-3-2-4-6-16/h11,13,16-17,20H,2-10,12,14H2,1H3. The van der Waals surface area contributed by atoms with Gasteiger partial charge >= 0.3 is 0 Å². The number of Topliss-reactive ketones (excluding diaryl/α,β-unsaturated/α-hetero) is 1. The van der Waals surface area contributed by atoms with Crippen molar-refractivity contribution in [2.45, 2.75) is 64.7 Å². The molecule has 0 radical (unpaired) electrons. The first kappa shape index (κ1) is 16.3. The molecule has 3 aliphatic carbocycles. The minimum Gasteiger partial charge on any atom is -0.381 e. The zero-order valence-electron chi connectivity index (χ0n) is 15.0. The van der Waals surface area contributed by atoms with Crippen LogP contribution >= 0.6 is 0 Å². The summed E-state index contributed by atoms with van der Waals surface area (Å²) in [5.74, 6) is 2.34. The first-order valence-electron chi connectivity index (χ1n) is 9.95. The minimum absolute atomic E-state index is 0.426. The Hall–Kier alpha value is -1.15. The van der Waals surface area contributed by atoms with E-state index in [1.165, 1.54) is 48.8 Å². The third-order valence-corrected chi connectivity index (χ3v) is 6.63. The SMILES string of the molecule is CC1=CC(C2CCOCC2)C2=C1C=C(C(=O)CC1CCCCC1)C2. The average molecular weight is 326 g/mol. The van der Waals surface area contributed by atoms with Crippen LogP contribution in [0.5, 0.6) is 0 Å². The van der Waals surface area contributed by atoms with E-state index in [-0.39, 0.29) is 0 Å². The molecule has 0 aromatic carbocycles. The van der Waals surface area contributed by atoms with E-state index in [0.29, 0.717) is 23.5 Å². The van der Waals surface area contributed by atoms with Crippen LogP contribution in [-0.2, 0) is 9.53 Å². The maximum Gasteiger partial charge on any atom is 0.159 e. The molecule has 130 valence electrons. The Bertz CT molecular complexity index is 595. The molecule has 0 aromatic rings. The summed E-state index contributed by atoms with van der Waals surface area (Å²) in [4.78, 5) is 12.8. The van der Waals surface area contributed by atoms with Gasteiger partial charge in [-0.2, -0.15) is 0 Å². The molecule has 1 aliphatic heterocycles. The number of ketones is 1. The molecular weight excluding hydrogens is 296 g/mol. The first-order chi connectivity index (χ1) is 11.7. The molecule has 1 heterocycles. The predicted molar refractivity (Wildman–Crippen MR) is 96.7 cm³/mol. The lowest BCUT2D eigenvalue weighted by Crippen LogP contribution is -2.23. The van der Waals surface area contributed by atoms with Crippen LogP contribution in [0.3, 0.4) is 0 Å². The van der Waals surface area contributed by atoms with Gasteiger partial charge in [0.25, 0.3) is 0 Å². The molecule has 0 bridgehead atoms. The Balaban J connectivity index is 1.42. The zero-order chi connectivity index (χ0) is 16.5. The highest BCUT2D eigenvalue weighted by molar-refractivity contribution is 5.98. The second-order valence-corrected chi connectivity index (χ2v) is 8.24. The largest absolute Gasteiger partial charge is 0.381 e. The number of hydrogen-bond acceptors (Lipinski definition) is 2. The number of hydrogen-bond donors (Lipinski definition) is 0. The normalized spacial score (nSPS) is 28.8. The molecule has 2 nitrogen and oxygen atoms in total. The van der Waals surface area contributed by atoms with Gasteiger partial charge in [0.15, 0.2) is 5.78 Å². The van der Waals surface area contributed by atoms with Crippen molar-refractivity contribution < 1.29 is 9.53 Å². The fraction of sp³-hybridized carbons (Fsp3) is 0.682. The fourth-order valence-corrected chi connectivity index (χ4v) is 5.20. The van der Waals surface area contributed by atoms with Crippen LogP contribution in [0.1, 0.15) is 64.7 Å². The van der Waals surface area contributed by atoms with Gasteiger partial charge in [-0.05, 0) is 60.8 Å². The molecule has 0 amide bonds. The molecule has 2 fully saturated rings. The highest BCUT2D eigenvalue weighted by atomic mass is 16.5. The Morgan fingerprint density at radius 1 is 1.12 bits per heavy atom. The molecule has 0 spiro atoms. The van der Waals surface area contributed by atoms with Gasteiger partial charge in [-0.15, -0.1) is 0 Å². The molecule has 1 saturated carbocycles. The fourth-order valence-electron chi connectivity index (χ4n) is 5.20. The van der Waals surface area contributed by atoms with Gasteiger partial charge < -0.3 is 4.74 Å². The Kier molecular flexibility index (Phi) is 4.76. The van der Waals surface area contributed by atoms with Crippen LogP contribution in [0.4, 0.5) is 0 Å². The highest BCUT2D eigenvalue weighted by Crippen LogP contribution is 2.46. The second kappa shape index (κ2) is 7.00. The van der Waals surface area contributed by atoms with E-state index in [9.17, 15) is 4.79 Å².